The van der Waals surface area contributed by atoms with Crippen LogP contribution >= 0.6 is 0 Å². The molecule has 0 spiro atoms. The van der Waals surface area contributed by atoms with E-state index < -0.39 is 5.97 Å². The molecule has 3 rings (SSSR count). The van der Waals surface area contributed by atoms with E-state index in [2.05, 4.69) is 9.98 Å². The van der Waals surface area contributed by atoms with E-state index in [4.69, 9.17) is 4.74 Å². The first-order valence-electron chi connectivity index (χ1n) is 6.22. The lowest BCUT2D eigenvalue weighted by molar-refractivity contribution is -0.129. The van der Waals surface area contributed by atoms with Crippen LogP contribution in [0.25, 0.3) is 6.08 Å². The maximum Gasteiger partial charge on any atom is 0.363 e. The Morgan fingerprint density at radius 1 is 1.15 bits per heavy atom. The van der Waals surface area contributed by atoms with Crippen LogP contribution in [0.4, 0.5) is 0 Å². The standard InChI is InChI=1S/C16H12N2O2/c1-11-3-2-4-12(9-11)10-14-16(19)20-15(18-14)13-5-7-17-8-6-13/h2-10H,1H3/b14-10+. The molecule has 1 aliphatic heterocycles. The molecule has 98 valence electrons. The second kappa shape index (κ2) is 5.09. The van der Waals surface area contributed by atoms with Crippen LogP contribution in [-0.4, -0.2) is 16.9 Å². The van der Waals surface area contributed by atoms with Crippen molar-refractivity contribution in [2.75, 3.05) is 0 Å². The number of pyridine rings is 1. The summed E-state index contributed by atoms with van der Waals surface area (Å²) in [5, 5.41) is 0. The summed E-state index contributed by atoms with van der Waals surface area (Å²) < 4.78 is 5.18. The summed E-state index contributed by atoms with van der Waals surface area (Å²) in [4.78, 5) is 20.0. The molecule has 20 heavy (non-hydrogen) atoms. The topological polar surface area (TPSA) is 51.6 Å². The van der Waals surface area contributed by atoms with Gasteiger partial charge < -0.3 is 4.74 Å². The zero-order valence-corrected chi connectivity index (χ0v) is 10.9. The highest BCUT2D eigenvalue weighted by Crippen LogP contribution is 2.19. The van der Waals surface area contributed by atoms with Crippen molar-refractivity contribution in [1.82, 2.24) is 4.98 Å². The Bertz CT molecular complexity index is 718. The molecule has 0 aliphatic carbocycles. The molecule has 4 heteroatoms. The van der Waals surface area contributed by atoms with Crippen LogP contribution in [-0.2, 0) is 9.53 Å². The van der Waals surface area contributed by atoms with Crippen LogP contribution in [0.15, 0.2) is 59.5 Å². The van der Waals surface area contributed by atoms with Crippen molar-refractivity contribution in [2.45, 2.75) is 6.92 Å². The molecule has 0 unspecified atom stereocenters. The SMILES string of the molecule is Cc1cccc(/C=C2/N=C(c3ccncc3)OC2=O)c1. The number of hydrogen-bond acceptors (Lipinski definition) is 4. The lowest BCUT2D eigenvalue weighted by atomic mass is 10.1. The number of aromatic nitrogens is 1. The maximum absolute atomic E-state index is 11.8. The predicted octanol–water partition coefficient (Wildman–Crippen LogP) is 2.73. The first-order chi connectivity index (χ1) is 9.72. The van der Waals surface area contributed by atoms with Gasteiger partial charge >= 0.3 is 5.97 Å². The van der Waals surface area contributed by atoms with Crippen molar-refractivity contribution in [1.29, 1.82) is 0 Å². The molecular weight excluding hydrogens is 252 g/mol. The highest BCUT2D eigenvalue weighted by molar-refractivity contribution is 6.12. The molecule has 0 fully saturated rings. The Labute approximate surface area is 116 Å². The van der Waals surface area contributed by atoms with E-state index >= 15 is 0 Å². The van der Waals surface area contributed by atoms with Gasteiger partial charge in [-0.05, 0) is 30.7 Å². The number of hydrogen-bond donors (Lipinski definition) is 0. The number of cyclic esters (lactones) is 1. The fourth-order valence-electron chi connectivity index (χ4n) is 1.94. The van der Waals surface area contributed by atoms with Crippen molar-refractivity contribution in [3.8, 4) is 0 Å². The van der Waals surface area contributed by atoms with Gasteiger partial charge in [0.1, 0.15) is 0 Å². The minimum atomic E-state index is -0.432. The molecule has 1 aromatic heterocycles. The molecule has 0 N–H and O–H groups in total. The molecule has 1 aliphatic rings. The summed E-state index contributed by atoms with van der Waals surface area (Å²) in [6.45, 7) is 2.00. The van der Waals surface area contributed by atoms with E-state index in [1.54, 1.807) is 30.6 Å². The molecule has 4 nitrogen and oxygen atoms in total. The van der Waals surface area contributed by atoms with Gasteiger partial charge in [-0.15, -0.1) is 0 Å². The molecule has 0 radical (unpaired) electrons. The lowest BCUT2D eigenvalue weighted by Crippen LogP contribution is -2.05. The Balaban J connectivity index is 1.95. The monoisotopic (exact) mass is 264 g/mol. The van der Waals surface area contributed by atoms with E-state index in [0.29, 0.717) is 11.6 Å². The number of carbonyl (C=O) groups is 1. The van der Waals surface area contributed by atoms with Crippen LogP contribution in [0.3, 0.4) is 0 Å². The van der Waals surface area contributed by atoms with Gasteiger partial charge in [0.25, 0.3) is 0 Å². The number of nitrogens with zero attached hydrogens (tertiary/aromatic N) is 2. The van der Waals surface area contributed by atoms with Crippen LogP contribution in [0, 0.1) is 6.92 Å². The number of ether oxygens (including phenoxy) is 1. The van der Waals surface area contributed by atoms with E-state index in [9.17, 15) is 4.79 Å². The van der Waals surface area contributed by atoms with Crippen molar-refractivity contribution in [3.05, 3.63) is 71.2 Å². The number of esters is 1. The van der Waals surface area contributed by atoms with Gasteiger partial charge in [-0.2, -0.15) is 0 Å². The fourth-order valence-corrected chi connectivity index (χ4v) is 1.94. The molecule has 0 amide bonds. The lowest BCUT2D eigenvalue weighted by Gasteiger charge is -1.97. The Kier molecular flexibility index (Phi) is 3.13. The second-order valence-corrected chi connectivity index (χ2v) is 4.49. The highest BCUT2D eigenvalue weighted by atomic mass is 16.6. The Morgan fingerprint density at radius 3 is 2.70 bits per heavy atom. The van der Waals surface area contributed by atoms with Crippen LogP contribution in [0.2, 0.25) is 0 Å². The van der Waals surface area contributed by atoms with E-state index in [1.807, 2.05) is 31.2 Å². The highest BCUT2D eigenvalue weighted by Gasteiger charge is 2.23. The third-order valence-electron chi connectivity index (χ3n) is 2.89. The smallest absolute Gasteiger partial charge is 0.363 e. The largest absolute Gasteiger partial charge is 0.402 e. The zero-order valence-electron chi connectivity index (χ0n) is 10.9. The van der Waals surface area contributed by atoms with Gasteiger partial charge in [0.15, 0.2) is 5.70 Å². The molecule has 2 aromatic rings. The summed E-state index contributed by atoms with van der Waals surface area (Å²) in [5.74, 6) is -0.116. The zero-order chi connectivity index (χ0) is 13.9. The summed E-state index contributed by atoms with van der Waals surface area (Å²) in [6.07, 6.45) is 4.99. The Morgan fingerprint density at radius 2 is 1.95 bits per heavy atom. The van der Waals surface area contributed by atoms with E-state index in [1.165, 1.54) is 0 Å². The van der Waals surface area contributed by atoms with Gasteiger partial charge in [0.05, 0.1) is 0 Å². The molecule has 0 saturated heterocycles. The molecule has 0 saturated carbocycles. The normalized spacial score (nSPS) is 16.1. The van der Waals surface area contributed by atoms with Gasteiger partial charge in [-0.3, -0.25) is 4.98 Å². The summed E-state index contributed by atoms with van der Waals surface area (Å²) in [6, 6.07) is 11.4. The summed E-state index contributed by atoms with van der Waals surface area (Å²) in [5.41, 5.74) is 3.10. The molecule has 0 atom stereocenters. The molecule has 1 aromatic carbocycles. The Hall–Kier alpha value is -2.75. The second-order valence-electron chi connectivity index (χ2n) is 4.49. The minimum absolute atomic E-state index is 0.308. The van der Waals surface area contributed by atoms with Crippen molar-refractivity contribution < 1.29 is 9.53 Å². The summed E-state index contributed by atoms with van der Waals surface area (Å²) >= 11 is 0. The quantitative estimate of drug-likeness (QED) is 0.619. The summed E-state index contributed by atoms with van der Waals surface area (Å²) in [7, 11) is 0. The molecule has 2 heterocycles. The number of aliphatic imine (C=N–C) groups is 1. The first kappa shape index (κ1) is 12.3. The predicted molar refractivity (Wildman–Crippen MR) is 76.0 cm³/mol. The van der Waals surface area contributed by atoms with Crippen LogP contribution in [0.1, 0.15) is 16.7 Å². The van der Waals surface area contributed by atoms with Crippen molar-refractivity contribution in [3.63, 3.8) is 0 Å². The van der Waals surface area contributed by atoms with Gasteiger partial charge in [0, 0.05) is 18.0 Å². The van der Waals surface area contributed by atoms with Gasteiger partial charge in [-0.1, -0.05) is 29.8 Å². The van der Waals surface area contributed by atoms with E-state index in [-0.39, 0.29) is 0 Å². The van der Waals surface area contributed by atoms with Gasteiger partial charge in [-0.25, -0.2) is 9.79 Å². The van der Waals surface area contributed by atoms with Crippen LogP contribution in [0.5, 0.6) is 0 Å². The number of rotatable bonds is 2. The third kappa shape index (κ3) is 2.49. The molecule has 0 bridgehead atoms. The van der Waals surface area contributed by atoms with E-state index in [0.717, 1.165) is 16.7 Å². The maximum atomic E-state index is 11.8. The molecular formula is C16H12N2O2. The number of benzene rings is 1. The number of carbonyl (C=O) groups excluding carboxylic acids is 1. The first-order valence-corrected chi connectivity index (χ1v) is 6.22. The fraction of sp³-hybridized carbons (Fsp3) is 0.0625. The van der Waals surface area contributed by atoms with Crippen LogP contribution < -0.4 is 0 Å². The minimum Gasteiger partial charge on any atom is -0.402 e. The average molecular weight is 264 g/mol. The average Bonchev–Trinajstić information content (AvgIpc) is 2.81. The van der Waals surface area contributed by atoms with Crippen molar-refractivity contribution in [2.24, 2.45) is 4.99 Å². The third-order valence-corrected chi connectivity index (χ3v) is 2.89. The number of aryl methyl sites for hydroxylation is 1. The van der Waals surface area contributed by atoms with Crippen molar-refractivity contribution >= 4 is 17.9 Å². The van der Waals surface area contributed by atoms with Gasteiger partial charge in [0.2, 0.25) is 5.90 Å².